The first kappa shape index (κ1) is 20.4. The summed E-state index contributed by atoms with van der Waals surface area (Å²) >= 11 is 0. The fourth-order valence-electron chi connectivity index (χ4n) is 6.34. The number of anilines is 1. The molecule has 0 aliphatic heterocycles. The Kier molecular flexibility index (Phi) is 5.45. The molecule has 0 heterocycles. The van der Waals surface area contributed by atoms with Gasteiger partial charge in [0, 0.05) is 11.2 Å². The second kappa shape index (κ2) is 7.75. The van der Waals surface area contributed by atoms with E-state index in [2.05, 4.69) is 10.6 Å². The van der Waals surface area contributed by atoms with Gasteiger partial charge in [0.25, 0.3) is 11.8 Å². The molecule has 3 N–H and O–H groups in total. The zero-order valence-corrected chi connectivity index (χ0v) is 18.3. The summed E-state index contributed by atoms with van der Waals surface area (Å²) in [6.07, 6.45) is 7.58. The van der Waals surface area contributed by atoms with Gasteiger partial charge in [0.2, 0.25) is 0 Å². The van der Waals surface area contributed by atoms with Crippen LogP contribution in [-0.4, -0.2) is 37.0 Å². The van der Waals surface area contributed by atoms with Gasteiger partial charge in [-0.15, -0.1) is 0 Å². The van der Waals surface area contributed by atoms with E-state index in [4.69, 9.17) is 0 Å². The van der Waals surface area contributed by atoms with Crippen molar-refractivity contribution in [3.05, 3.63) is 29.3 Å². The third-order valence-corrected chi connectivity index (χ3v) is 7.88. The topological polar surface area (TPSA) is 62.6 Å². The van der Waals surface area contributed by atoms with Crippen LogP contribution in [0.3, 0.4) is 0 Å². The number of aryl methyl sites for hydroxylation is 1. The summed E-state index contributed by atoms with van der Waals surface area (Å²) in [5, 5.41) is 6.46. The number of benzene rings is 1. The minimum Gasteiger partial charge on any atom is -0.345 e. The number of quaternary nitrogens is 1. The maximum atomic E-state index is 13.0. The number of hydrogen-bond acceptors (Lipinski definition) is 2. The minimum absolute atomic E-state index is 0.0291. The number of hydrogen-bond donors (Lipinski definition) is 3. The average molecular weight is 399 g/mol. The quantitative estimate of drug-likeness (QED) is 0.688. The van der Waals surface area contributed by atoms with Crippen LogP contribution in [-0.2, 0) is 9.59 Å². The third-order valence-electron chi connectivity index (χ3n) is 7.88. The lowest BCUT2D eigenvalue weighted by molar-refractivity contribution is -0.885. The van der Waals surface area contributed by atoms with Crippen LogP contribution >= 0.6 is 0 Å². The molecule has 4 aliphatic carbocycles. The summed E-state index contributed by atoms with van der Waals surface area (Å²) in [4.78, 5) is 26.5. The number of amides is 2. The smallest absolute Gasteiger partial charge is 0.279 e. The molecule has 29 heavy (non-hydrogen) atoms. The lowest BCUT2D eigenvalue weighted by atomic mass is 9.53. The van der Waals surface area contributed by atoms with Crippen LogP contribution in [0.4, 0.5) is 5.69 Å². The molecule has 0 aromatic heterocycles. The standard InChI is InChI=1S/C24H35N3O2/c1-15-6-5-7-21(16(15)2)25-22(28)14-27(4)17(3)23(29)26-24-11-18-8-19(12-24)10-20(9-18)13-24/h5-7,17-20H,8-14H2,1-4H3,(H,25,28)(H,26,29)/p+1/t17-,18?,19?,20?,24?/m0/s1. The molecular weight excluding hydrogens is 362 g/mol. The predicted molar refractivity (Wildman–Crippen MR) is 115 cm³/mol. The Bertz CT molecular complexity index is 768. The van der Waals surface area contributed by atoms with E-state index in [-0.39, 0.29) is 29.9 Å². The molecule has 5 heteroatoms. The van der Waals surface area contributed by atoms with E-state index in [1.54, 1.807) is 0 Å². The SMILES string of the molecule is Cc1cccc(NC(=O)C[NH+](C)[C@@H](C)C(=O)NC23CC4CC(CC(C4)C2)C3)c1C. The second-order valence-electron chi connectivity index (χ2n) is 10.2. The summed E-state index contributed by atoms with van der Waals surface area (Å²) in [5.41, 5.74) is 3.13. The second-order valence-corrected chi connectivity index (χ2v) is 10.2. The van der Waals surface area contributed by atoms with E-state index in [1.165, 1.54) is 19.3 Å². The van der Waals surface area contributed by atoms with Gasteiger partial charge in [-0.25, -0.2) is 0 Å². The maximum Gasteiger partial charge on any atom is 0.279 e. The number of nitrogens with one attached hydrogen (secondary N) is 3. The average Bonchev–Trinajstić information content (AvgIpc) is 2.63. The first-order valence-corrected chi connectivity index (χ1v) is 11.2. The lowest BCUT2D eigenvalue weighted by Gasteiger charge is -2.57. The molecule has 5 rings (SSSR count). The maximum absolute atomic E-state index is 13.0. The van der Waals surface area contributed by atoms with Gasteiger partial charge >= 0.3 is 0 Å². The van der Waals surface area contributed by atoms with Crippen LogP contribution in [0.15, 0.2) is 18.2 Å². The van der Waals surface area contributed by atoms with Gasteiger partial charge in [0.15, 0.2) is 12.6 Å². The summed E-state index contributed by atoms with van der Waals surface area (Å²) in [7, 11) is 1.94. The molecule has 1 unspecified atom stereocenters. The molecule has 4 aliphatic rings. The fraction of sp³-hybridized carbons (Fsp3) is 0.667. The highest BCUT2D eigenvalue weighted by Crippen LogP contribution is 2.55. The van der Waals surface area contributed by atoms with Crippen LogP contribution in [0.25, 0.3) is 0 Å². The lowest BCUT2D eigenvalue weighted by Crippen LogP contribution is -3.15. The number of likely N-dealkylation sites (N-methyl/N-ethyl adjacent to an activating group) is 1. The van der Waals surface area contributed by atoms with Gasteiger partial charge in [0.1, 0.15) is 0 Å². The number of carbonyl (C=O) groups is 2. The van der Waals surface area contributed by atoms with Gasteiger partial charge in [0.05, 0.1) is 7.05 Å². The van der Waals surface area contributed by atoms with Crippen molar-refractivity contribution in [2.75, 3.05) is 18.9 Å². The largest absolute Gasteiger partial charge is 0.345 e. The molecule has 0 spiro atoms. The van der Waals surface area contributed by atoms with Gasteiger partial charge in [-0.3, -0.25) is 9.59 Å². The van der Waals surface area contributed by atoms with Crippen LogP contribution in [0.1, 0.15) is 56.6 Å². The van der Waals surface area contributed by atoms with E-state index in [0.29, 0.717) is 0 Å². The molecule has 1 aromatic rings. The Balaban J connectivity index is 1.33. The van der Waals surface area contributed by atoms with Crippen molar-refractivity contribution in [3.8, 4) is 0 Å². The van der Waals surface area contributed by atoms with Gasteiger partial charge in [-0.1, -0.05) is 12.1 Å². The molecule has 0 saturated heterocycles. The Labute approximate surface area is 174 Å². The highest BCUT2D eigenvalue weighted by Gasteiger charge is 2.52. The molecule has 4 fully saturated rings. The van der Waals surface area contributed by atoms with Crippen molar-refractivity contribution in [2.24, 2.45) is 17.8 Å². The molecule has 0 radical (unpaired) electrons. The Morgan fingerprint density at radius 1 is 1.10 bits per heavy atom. The Morgan fingerprint density at radius 2 is 1.69 bits per heavy atom. The van der Waals surface area contributed by atoms with Crippen LogP contribution in [0.2, 0.25) is 0 Å². The van der Waals surface area contributed by atoms with E-state index in [9.17, 15) is 9.59 Å². The monoisotopic (exact) mass is 398 g/mol. The Morgan fingerprint density at radius 3 is 2.28 bits per heavy atom. The fourth-order valence-corrected chi connectivity index (χ4v) is 6.34. The van der Waals surface area contributed by atoms with Crippen molar-refractivity contribution in [2.45, 2.75) is 70.9 Å². The van der Waals surface area contributed by atoms with E-state index in [0.717, 1.165) is 58.7 Å². The van der Waals surface area contributed by atoms with Crippen molar-refractivity contribution in [1.82, 2.24) is 5.32 Å². The highest BCUT2D eigenvalue weighted by atomic mass is 16.2. The number of rotatable bonds is 6. The molecule has 158 valence electrons. The van der Waals surface area contributed by atoms with Crippen LogP contribution < -0.4 is 15.5 Å². The molecule has 5 nitrogen and oxygen atoms in total. The van der Waals surface area contributed by atoms with Gasteiger partial charge in [-0.2, -0.15) is 0 Å². The first-order chi connectivity index (χ1) is 13.7. The van der Waals surface area contributed by atoms with Crippen molar-refractivity contribution >= 4 is 17.5 Å². The van der Waals surface area contributed by atoms with Gasteiger partial charge in [-0.05, 0) is 94.2 Å². The molecule has 4 bridgehead atoms. The van der Waals surface area contributed by atoms with Gasteiger partial charge < -0.3 is 15.5 Å². The summed E-state index contributed by atoms with van der Waals surface area (Å²) in [6, 6.07) is 5.68. The zero-order chi connectivity index (χ0) is 20.8. The molecule has 2 atom stereocenters. The normalized spacial score (nSPS) is 31.9. The van der Waals surface area contributed by atoms with E-state index < -0.39 is 0 Å². The highest BCUT2D eigenvalue weighted by molar-refractivity contribution is 5.92. The van der Waals surface area contributed by atoms with Crippen molar-refractivity contribution < 1.29 is 14.5 Å². The molecule has 4 saturated carbocycles. The summed E-state index contributed by atoms with van der Waals surface area (Å²) in [6.45, 7) is 6.28. The molecular formula is C24H36N3O2+. The minimum atomic E-state index is -0.243. The summed E-state index contributed by atoms with van der Waals surface area (Å²) in [5.74, 6) is 2.48. The number of carbonyl (C=O) groups excluding carboxylic acids is 2. The van der Waals surface area contributed by atoms with Crippen molar-refractivity contribution in [3.63, 3.8) is 0 Å². The van der Waals surface area contributed by atoms with Crippen molar-refractivity contribution in [1.29, 1.82) is 0 Å². The van der Waals surface area contributed by atoms with Crippen LogP contribution in [0.5, 0.6) is 0 Å². The summed E-state index contributed by atoms with van der Waals surface area (Å²) < 4.78 is 0. The first-order valence-electron chi connectivity index (χ1n) is 11.2. The molecule has 1 aromatic carbocycles. The third kappa shape index (κ3) is 4.20. The Hall–Kier alpha value is -1.88. The predicted octanol–water partition coefficient (Wildman–Crippen LogP) is 2.23. The zero-order valence-electron chi connectivity index (χ0n) is 18.3. The van der Waals surface area contributed by atoms with E-state index >= 15 is 0 Å². The van der Waals surface area contributed by atoms with E-state index in [1.807, 2.05) is 46.0 Å². The van der Waals surface area contributed by atoms with Crippen LogP contribution in [0, 0.1) is 31.6 Å². The molecule has 2 amide bonds.